The van der Waals surface area contributed by atoms with E-state index in [4.69, 9.17) is 9.47 Å². The Bertz CT molecular complexity index is 845. The van der Waals surface area contributed by atoms with Gasteiger partial charge in [0.1, 0.15) is 17.1 Å². The van der Waals surface area contributed by atoms with Crippen LogP contribution in [0.25, 0.3) is 0 Å². The first-order valence-corrected chi connectivity index (χ1v) is 10.1. The smallest absolute Gasteiger partial charge is 0.308 e. The third-order valence-corrected chi connectivity index (χ3v) is 5.90. The SMILES string of the molecule is CCC(C)(CC)Oc1ccc(C(C)(C)c2ccc(OC(C)=O)c(C)c2)cc1C. The van der Waals surface area contributed by atoms with E-state index in [9.17, 15) is 4.79 Å². The highest BCUT2D eigenvalue weighted by molar-refractivity contribution is 5.69. The van der Waals surface area contributed by atoms with Gasteiger partial charge < -0.3 is 9.47 Å². The van der Waals surface area contributed by atoms with Crippen LogP contribution in [0.15, 0.2) is 36.4 Å². The lowest BCUT2D eigenvalue weighted by Gasteiger charge is -2.31. The Morgan fingerprint density at radius 1 is 0.857 bits per heavy atom. The monoisotopic (exact) mass is 382 g/mol. The summed E-state index contributed by atoms with van der Waals surface area (Å²) < 4.78 is 11.6. The van der Waals surface area contributed by atoms with Crippen LogP contribution in [0, 0.1) is 13.8 Å². The van der Waals surface area contributed by atoms with Gasteiger partial charge >= 0.3 is 5.97 Å². The zero-order chi connectivity index (χ0) is 21.1. The summed E-state index contributed by atoms with van der Waals surface area (Å²) in [6, 6.07) is 12.5. The van der Waals surface area contributed by atoms with Crippen LogP contribution in [0.3, 0.4) is 0 Å². The van der Waals surface area contributed by atoms with Gasteiger partial charge in [0.05, 0.1) is 0 Å². The Morgan fingerprint density at radius 2 is 1.32 bits per heavy atom. The van der Waals surface area contributed by atoms with Crippen molar-refractivity contribution >= 4 is 5.97 Å². The molecule has 0 aromatic heterocycles. The minimum absolute atomic E-state index is 0.133. The van der Waals surface area contributed by atoms with Gasteiger partial charge in [-0.05, 0) is 68.0 Å². The Morgan fingerprint density at radius 3 is 1.71 bits per heavy atom. The summed E-state index contributed by atoms with van der Waals surface area (Å²) in [6.45, 7) is 16.4. The first-order chi connectivity index (χ1) is 13.0. The second kappa shape index (κ2) is 8.38. The summed E-state index contributed by atoms with van der Waals surface area (Å²) in [5.74, 6) is 1.27. The molecule has 2 aromatic carbocycles. The van der Waals surface area contributed by atoms with E-state index in [1.165, 1.54) is 18.1 Å². The van der Waals surface area contributed by atoms with Crippen LogP contribution in [-0.4, -0.2) is 11.6 Å². The number of benzene rings is 2. The van der Waals surface area contributed by atoms with Crippen molar-refractivity contribution in [3.05, 3.63) is 58.7 Å². The van der Waals surface area contributed by atoms with E-state index in [0.717, 1.165) is 29.7 Å². The summed E-state index contributed by atoms with van der Waals surface area (Å²) in [4.78, 5) is 11.2. The minimum Gasteiger partial charge on any atom is -0.487 e. The van der Waals surface area contributed by atoms with Crippen molar-refractivity contribution in [2.24, 2.45) is 0 Å². The maximum atomic E-state index is 11.2. The van der Waals surface area contributed by atoms with Crippen LogP contribution < -0.4 is 9.47 Å². The molecular formula is C25H34O3. The Labute approximate surface area is 170 Å². The van der Waals surface area contributed by atoms with Crippen molar-refractivity contribution in [3.8, 4) is 11.5 Å². The van der Waals surface area contributed by atoms with Crippen LogP contribution in [-0.2, 0) is 10.2 Å². The number of rotatable bonds is 7. The summed E-state index contributed by atoms with van der Waals surface area (Å²) in [6.07, 6.45) is 1.95. The molecule has 2 aromatic rings. The number of hydrogen-bond donors (Lipinski definition) is 0. The molecule has 0 aliphatic rings. The summed E-state index contributed by atoms with van der Waals surface area (Å²) >= 11 is 0. The highest BCUT2D eigenvalue weighted by Gasteiger charge is 2.26. The van der Waals surface area contributed by atoms with Crippen LogP contribution in [0.4, 0.5) is 0 Å². The van der Waals surface area contributed by atoms with E-state index < -0.39 is 0 Å². The molecule has 28 heavy (non-hydrogen) atoms. The summed E-state index contributed by atoms with van der Waals surface area (Å²) in [7, 11) is 0. The highest BCUT2D eigenvalue weighted by atomic mass is 16.5. The van der Waals surface area contributed by atoms with Gasteiger partial charge in [0.15, 0.2) is 0 Å². The molecule has 0 amide bonds. The van der Waals surface area contributed by atoms with E-state index in [2.05, 4.69) is 65.8 Å². The maximum Gasteiger partial charge on any atom is 0.308 e. The van der Waals surface area contributed by atoms with Gasteiger partial charge in [-0.1, -0.05) is 52.0 Å². The van der Waals surface area contributed by atoms with Crippen molar-refractivity contribution < 1.29 is 14.3 Å². The standard InChI is InChI=1S/C25H34O3/c1-9-25(8,10-2)28-23-14-12-21(16-18(23)4)24(6,7)20-11-13-22(17(3)15-20)27-19(5)26/h11-16H,9-10H2,1-8H3. The summed E-state index contributed by atoms with van der Waals surface area (Å²) in [5, 5.41) is 0. The van der Waals surface area contributed by atoms with Crippen molar-refractivity contribution in [2.45, 2.75) is 79.2 Å². The lowest BCUT2D eigenvalue weighted by atomic mass is 9.77. The van der Waals surface area contributed by atoms with Crippen LogP contribution in [0.2, 0.25) is 0 Å². The normalized spacial score (nSPS) is 12.0. The first-order valence-electron chi connectivity index (χ1n) is 10.1. The van der Waals surface area contributed by atoms with Crippen LogP contribution in [0.5, 0.6) is 11.5 Å². The topological polar surface area (TPSA) is 35.5 Å². The number of esters is 1. The van der Waals surface area contributed by atoms with E-state index in [1.807, 2.05) is 19.1 Å². The van der Waals surface area contributed by atoms with Gasteiger partial charge in [0, 0.05) is 12.3 Å². The molecule has 0 bridgehead atoms. The molecule has 0 radical (unpaired) electrons. The molecule has 3 nitrogen and oxygen atoms in total. The predicted octanol–water partition coefficient (Wildman–Crippen LogP) is 6.51. The molecule has 0 saturated heterocycles. The minimum atomic E-state index is -0.299. The number of hydrogen-bond acceptors (Lipinski definition) is 3. The second-order valence-corrected chi connectivity index (χ2v) is 8.44. The summed E-state index contributed by atoms with van der Waals surface area (Å²) in [5.41, 5.74) is 4.20. The molecule has 0 aliphatic carbocycles. The van der Waals surface area contributed by atoms with Crippen molar-refractivity contribution in [2.75, 3.05) is 0 Å². The average molecular weight is 383 g/mol. The first kappa shape index (κ1) is 22.0. The van der Waals surface area contributed by atoms with Gasteiger partial charge in [0.2, 0.25) is 0 Å². The number of carbonyl (C=O) groups excluding carboxylic acids is 1. The predicted molar refractivity (Wildman–Crippen MR) is 115 cm³/mol. The van der Waals surface area contributed by atoms with E-state index in [0.29, 0.717) is 5.75 Å². The van der Waals surface area contributed by atoms with Crippen molar-refractivity contribution in [1.82, 2.24) is 0 Å². The molecule has 0 heterocycles. The van der Waals surface area contributed by atoms with Gasteiger partial charge in [-0.15, -0.1) is 0 Å². The second-order valence-electron chi connectivity index (χ2n) is 8.44. The number of aryl methyl sites for hydroxylation is 2. The zero-order valence-electron chi connectivity index (χ0n) is 18.6. The Kier molecular flexibility index (Phi) is 6.59. The molecule has 0 spiro atoms. The molecule has 0 unspecified atom stereocenters. The molecule has 0 saturated carbocycles. The van der Waals surface area contributed by atoms with Gasteiger partial charge in [-0.3, -0.25) is 4.79 Å². The Hall–Kier alpha value is -2.29. The third-order valence-electron chi connectivity index (χ3n) is 5.90. The molecule has 3 heteroatoms. The number of ether oxygens (including phenoxy) is 2. The maximum absolute atomic E-state index is 11.2. The van der Waals surface area contributed by atoms with Crippen LogP contribution >= 0.6 is 0 Å². The van der Waals surface area contributed by atoms with E-state index >= 15 is 0 Å². The zero-order valence-corrected chi connectivity index (χ0v) is 18.6. The molecule has 2 rings (SSSR count). The van der Waals surface area contributed by atoms with Gasteiger partial charge in [-0.25, -0.2) is 0 Å². The molecule has 0 fully saturated rings. The molecule has 0 atom stereocenters. The lowest BCUT2D eigenvalue weighted by molar-refractivity contribution is -0.131. The molecule has 0 aliphatic heterocycles. The fourth-order valence-electron chi connectivity index (χ4n) is 3.29. The number of carbonyl (C=O) groups is 1. The Balaban J connectivity index is 2.34. The fraction of sp³-hybridized carbons (Fsp3) is 0.480. The largest absolute Gasteiger partial charge is 0.487 e. The van der Waals surface area contributed by atoms with E-state index in [1.54, 1.807) is 0 Å². The van der Waals surface area contributed by atoms with Gasteiger partial charge in [-0.2, -0.15) is 0 Å². The molecular weight excluding hydrogens is 348 g/mol. The fourth-order valence-corrected chi connectivity index (χ4v) is 3.29. The molecule has 0 N–H and O–H groups in total. The van der Waals surface area contributed by atoms with Gasteiger partial charge in [0.25, 0.3) is 0 Å². The lowest BCUT2D eigenvalue weighted by Crippen LogP contribution is -2.30. The quantitative estimate of drug-likeness (QED) is 0.404. The van der Waals surface area contributed by atoms with Crippen LogP contribution in [0.1, 0.15) is 76.6 Å². The molecule has 152 valence electrons. The average Bonchev–Trinajstić information content (AvgIpc) is 2.64. The van der Waals surface area contributed by atoms with Crippen molar-refractivity contribution in [1.29, 1.82) is 0 Å². The van der Waals surface area contributed by atoms with E-state index in [-0.39, 0.29) is 17.0 Å². The third kappa shape index (κ3) is 4.76. The van der Waals surface area contributed by atoms with Crippen molar-refractivity contribution in [3.63, 3.8) is 0 Å². The highest BCUT2D eigenvalue weighted by Crippen LogP contribution is 2.37.